The summed E-state index contributed by atoms with van der Waals surface area (Å²) in [6.07, 6.45) is 81.1. The van der Waals surface area contributed by atoms with E-state index in [0.29, 0.717) is 19.3 Å². The lowest BCUT2D eigenvalue weighted by Crippen LogP contribution is -2.30. The molecule has 0 aromatic carbocycles. The van der Waals surface area contributed by atoms with Gasteiger partial charge in [0.2, 0.25) is 0 Å². The summed E-state index contributed by atoms with van der Waals surface area (Å²) in [5.74, 6) is -0.910. The predicted octanol–water partition coefficient (Wildman–Crippen LogP) is 20.9. The van der Waals surface area contributed by atoms with Crippen LogP contribution < -0.4 is 0 Å². The first-order valence-electron chi connectivity index (χ1n) is 30.7. The number of esters is 3. The van der Waals surface area contributed by atoms with E-state index in [4.69, 9.17) is 14.2 Å². The molecule has 6 nitrogen and oxygen atoms in total. The molecule has 6 heteroatoms. The molecule has 0 N–H and O–H groups in total. The molecule has 0 aromatic rings. The second-order valence-corrected chi connectivity index (χ2v) is 20.2. The topological polar surface area (TPSA) is 78.9 Å². The highest BCUT2D eigenvalue weighted by Gasteiger charge is 2.19. The zero-order valence-corrected chi connectivity index (χ0v) is 47.9. The summed E-state index contributed by atoms with van der Waals surface area (Å²) in [4.78, 5) is 38.2. The Labute approximate surface area is 451 Å². The van der Waals surface area contributed by atoms with E-state index in [9.17, 15) is 14.4 Å². The van der Waals surface area contributed by atoms with E-state index in [1.54, 1.807) is 0 Å². The van der Waals surface area contributed by atoms with Crippen LogP contribution in [0.25, 0.3) is 0 Å². The molecule has 418 valence electrons. The summed E-state index contributed by atoms with van der Waals surface area (Å²) in [6, 6.07) is 0. The summed E-state index contributed by atoms with van der Waals surface area (Å²) in [5, 5.41) is 0. The molecule has 0 saturated heterocycles. The summed E-state index contributed by atoms with van der Waals surface area (Å²) < 4.78 is 16.9. The number of rotatable bonds is 55. The molecule has 0 heterocycles. The maximum absolute atomic E-state index is 12.9. The lowest BCUT2D eigenvalue weighted by molar-refractivity contribution is -0.167. The Morgan fingerprint density at radius 2 is 0.534 bits per heavy atom. The second-order valence-electron chi connectivity index (χ2n) is 20.2. The van der Waals surface area contributed by atoms with Gasteiger partial charge in [0.15, 0.2) is 6.10 Å². The number of carbonyl (C=O) groups excluding carboxylic acids is 3. The third-order valence-corrected chi connectivity index (χ3v) is 13.0. The monoisotopic (exact) mass is 1010 g/mol. The largest absolute Gasteiger partial charge is 0.462 e. The molecule has 0 rings (SSSR count). The van der Waals surface area contributed by atoms with E-state index in [1.165, 1.54) is 122 Å². The number of carbonyl (C=O) groups is 3. The van der Waals surface area contributed by atoms with Crippen molar-refractivity contribution >= 4 is 17.9 Å². The molecule has 0 aliphatic rings. The van der Waals surface area contributed by atoms with Gasteiger partial charge in [-0.05, 0) is 122 Å². The van der Waals surface area contributed by atoms with Gasteiger partial charge in [-0.15, -0.1) is 0 Å². The molecule has 0 fully saturated rings. The molecule has 1 atom stereocenters. The summed E-state index contributed by atoms with van der Waals surface area (Å²) in [5.41, 5.74) is 0. The van der Waals surface area contributed by atoms with Gasteiger partial charge < -0.3 is 14.2 Å². The molecular formula is C67H114O6. The van der Waals surface area contributed by atoms with E-state index in [2.05, 4.69) is 118 Å². The minimum Gasteiger partial charge on any atom is -0.462 e. The number of hydrogen-bond donors (Lipinski definition) is 0. The van der Waals surface area contributed by atoms with Gasteiger partial charge in [-0.25, -0.2) is 0 Å². The number of hydrogen-bond acceptors (Lipinski definition) is 6. The first kappa shape index (κ1) is 69.3. The van der Waals surface area contributed by atoms with Crippen molar-refractivity contribution in [1.29, 1.82) is 0 Å². The van der Waals surface area contributed by atoms with Crippen LogP contribution in [-0.4, -0.2) is 37.2 Å². The van der Waals surface area contributed by atoms with Gasteiger partial charge in [-0.1, -0.05) is 246 Å². The fraction of sp³-hybridized carbons (Fsp3) is 0.716. The van der Waals surface area contributed by atoms with E-state index in [1.807, 2.05) is 0 Å². The Kier molecular flexibility index (Phi) is 57.8. The Morgan fingerprint density at radius 1 is 0.288 bits per heavy atom. The van der Waals surface area contributed by atoms with Crippen molar-refractivity contribution in [2.75, 3.05) is 13.2 Å². The minimum atomic E-state index is -0.792. The first-order chi connectivity index (χ1) is 36.0. The third-order valence-electron chi connectivity index (χ3n) is 13.0. The first-order valence-corrected chi connectivity index (χ1v) is 30.7. The third kappa shape index (κ3) is 59.1. The SMILES string of the molecule is CC/C=C\C/C=C\C/C=C\C/C=C\C/C=C\CCCCCCCCCCCC(=O)OCC(COC(=O)CCCCCCC/C=C\CCCCCCCC)OC(=O)CCCCCCC/C=C\C/C=C\CCCCC. The molecule has 0 aliphatic carbocycles. The molecule has 0 radical (unpaired) electrons. The molecule has 73 heavy (non-hydrogen) atoms. The highest BCUT2D eigenvalue weighted by Crippen LogP contribution is 2.15. The fourth-order valence-electron chi connectivity index (χ4n) is 8.44. The van der Waals surface area contributed by atoms with Gasteiger partial charge in [0.1, 0.15) is 13.2 Å². The average molecular weight is 1020 g/mol. The molecule has 0 bridgehead atoms. The summed E-state index contributed by atoms with van der Waals surface area (Å²) in [7, 11) is 0. The average Bonchev–Trinajstić information content (AvgIpc) is 3.39. The highest BCUT2D eigenvalue weighted by molar-refractivity contribution is 5.71. The van der Waals surface area contributed by atoms with E-state index < -0.39 is 6.10 Å². The van der Waals surface area contributed by atoms with Gasteiger partial charge in [-0.3, -0.25) is 14.4 Å². The van der Waals surface area contributed by atoms with Crippen LogP contribution in [0.3, 0.4) is 0 Å². The lowest BCUT2D eigenvalue weighted by atomic mass is 10.1. The highest BCUT2D eigenvalue weighted by atomic mass is 16.6. The number of unbranched alkanes of at least 4 members (excludes halogenated alkanes) is 28. The quantitative estimate of drug-likeness (QED) is 0.0261. The Hall–Kier alpha value is -3.67. The van der Waals surface area contributed by atoms with Crippen molar-refractivity contribution in [3.05, 3.63) is 97.2 Å². The standard InChI is InChI=1S/C67H114O6/c1-4-7-10-13-16-19-22-25-28-29-30-31-32-33-34-35-36-37-40-42-45-48-51-54-57-60-66(69)72-63-64(73-67(70)61-58-55-52-49-46-43-39-27-24-21-18-15-12-9-6-3)62-71-65(68)59-56-53-50-47-44-41-38-26-23-20-17-14-11-8-5-2/h7,10,16,18-19,21,25-28,30-31,33-34,38-39,64H,4-6,8-9,11-15,17,20,22-24,29,32,35-37,40-63H2,1-3H3/b10-7-,19-16-,21-18-,28-25-,31-30-,34-33-,38-26-,39-27-. The zero-order valence-electron chi connectivity index (χ0n) is 47.9. The Balaban J connectivity index is 4.36. The minimum absolute atomic E-state index is 0.0888. The zero-order chi connectivity index (χ0) is 52.9. The van der Waals surface area contributed by atoms with Crippen molar-refractivity contribution in [2.24, 2.45) is 0 Å². The maximum Gasteiger partial charge on any atom is 0.306 e. The van der Waals surface area contributed by atoms with Crippen molar-refractivity contribution in [2.45, 2.75) is 297 Å². The smallest absolute Gasteiger partial charge is 0.306 e. The molecule has 0 saturated carbocycles. The van der Waals surface area contributed by atoms with Crippen LogP contribution in [0.1, 0.15) is 290 Å². The maximum atomic E-state index is 12.9. The molecule has 0 amide bonds. The summed E-state index contributed by atoms with van der Waals surface area (Å²) in [6.45, 7) is 6.49. The Bertz CT molecular complexity index is 1440. The normalized spacial score (nSPS) is 12.8. The van der Waals surface area contributed by atoms with Crippen molar-refractivity contribution in [3.8, 4) is 0 Å². The fourth-order valence-corrected chi connectivity index (χ4v) is 8.44. The molecule has 0 aliphatic heterocycles. The van der Waals surface area contributed by atoms with E-state index >= 15 is 0 Å². The van der Waals surface area contributed by atoms with E-state index in [-0.39, 0.29) is 31.1 Å². The Morgan fingerprint density at radius 3 is 0.877 bits per heavy atom. The lowest BCUT2D eigenvalue weighted by Gasteiger charge is -2.18. The van der Waals surface area contributed by atoms with Gasteiger partial charge in [0.05, 0.1) is 0 Å². The van der Waals surface area contributed by atoms with Gasteiger partial charge in [0.25, 0.3) is 0 Å². The van der Waals surface area contributed by atoms with Crippen LogP contribution in [0.2, 0.25) is 0 Å². The molecule has 1 unspecified atom stereocenters. The van der Waals surface area contributed by atoms with Crippen molar-refractivity contribution in [1.82, 2.24) is 0 Å². The number of ether oxygens (including phenoxy) is 3. The van der Waals surface area contributed by atoms with Crippen molar-refractivity contribution < 1.29 is 28.6 Å². The number of allylic oxidation sites excluding steroid dienone is 16. The van der Waals surface area contributed by atoms with Crippen molar-refractivity contribution in [3.63, 3.8) is 0 Å². The van der Waals surface area contributed by atoms with Gasteiger partial charge in [-0.2, -0.15) is 0 Å². The van der Waals surface area contributed by atoms with Gasteiger partial charge in [0, 0.05) is 19.3 Å². The second kappa shape index (κ2) is 60.9. The van der Waals surface area contributed by atoms with Crippen LogP contribution in [-0.2, 0) is 28.6 Å². The predicted molar refractivity (Wildman–Crippen MR) is 316 cm³/mol. The van der Waals surface area contributed by atoms with Crippen LogP contribution in [0.4, 0.5) is 0 Å². The van der Waals surface area contributed by atoms with E-state index in [0.717, 1.165) is 128 Å². The molecule has 0 spiro atoms. The van der Waals surface area contributed by atoms with Gasteiger partial charge >= 0.3 is 17.9 Å². The summed E-state index contributed by atoms with van der Waals surface area (Å²) >= 11 is 0. The molecular weight excluding hydrogens is 901 g/mol. The molecule has 0 aromatic heterocycles. The van der Waals surface area contributed by atoms with Crippen LogP contribution in [0.15, 0.2) is 97.2 Å². The van der Waals surface area contributed by atoms with Crippen LogP contribution in [0, 0.1) is 0 Å². The van der Waals surface area contributed by atoms with Crippen LogP contribution >= 0.6 is 0 Å². The van der Waals surface area contributed by atoms with Crippen LogP contribution in [0.5, 0.6) is 0 Å².